The molecule has 2 aliphatic rings. The molecule has 0 fully saturated rings. The molecule has 5 aromatic carbocycles. The lowest BCUT2D eigenvalue weighted by molar-refractivity contribution is -0.716. The van der Waals surface area contributed by atoms with Crippen molar-refractivity contribution in [2.24, 2.45) is 0 Å². The fourth-order valence-corrected chi connectivity index (χ4v) is 6.43. The summed E-state index contributed by atoms with van der Waals surface area (Å²) in [5, 5.41) is 10.2. The first kappa shape index (κ1) is 17.6. The molecule has 0 saturated carbocycles. The second kappa shape index (κ2) is 5.71. The summed E-state index contributed by atoms with van der Waals surface area (Å²) in [6.07, 6.45) is 2.30. The van der Waals surface area contributed by atoms with Crippen LogP contribution in [-0.4, -0.2) is 0 Å². The molecule has 0 radical (unpaired) electrons. The summed E-state index contributed by atoms with van der Waals surface area (Å²) in [7, 11) is 0. The molecular formula is C31H22NO+. The van der Waals surface area contributed by atoms with Gasteiger partial charge in [0, 0.05) is 16.4 Å². The van der Waals surface area contributed by atoms with E-state index in [1.165, 1.54) is 65.5 Å². The molecule has 0 bridgehead atoms. The SMILES string of the molecule is CC1(C)c2cc3ccc4ccccc4c3c3c2-c2c1c1ccc4ccccc4c1c[n+]2CO3. The van der Waals surface area contributed by atoms with Gasteiger partial charge >= 0.3 is 0 Å². The van der Waals surface area contributed by atoms with Crippen LogP contribution < -0.4 is 9.30 Å². The van der Waals surface area contributed by atoms with E-state index in [0.29, 0.717) is 6.73 Å². The molecule has 2 heterocycles. The molecule has 6 aromatic rings. The zero-order valence-corrected chi connectivity index (χ0v) is 18.6. The molecule has 1 aliphatic heterocycles. The van der Waals surface area contributed by atoms with Crippen LogP contribution in [0.25, 0.3) is 54.3 Å². The largest absolute Gasteiger partial charge is 0.434 e. The van der Waals surface area contributed by atoms with Gasteiger partial charge in [0.25, 0.3) is 6.73 Å². The average Bonchev–Trinajstić information content (AvgIpc) is 3.09. The molecule has 156 valence electrons. The first-order chi connectivity index (χ1) is 16.1. The van der Waals surface area contributed by atoms with Gasteiger partial charge in [0.05, 0.1) is 10.9 Å². The van der Waals surface area contributed by atoms with Crippen LogP contribution in [0.1, 0.15) is 25.0 Å². The Kier molecular flexibility index (Phi) is 3.05. The van der Waals surface area contributed by atoms with Gasteiger partial charge in [0.15, 0.2) is 6.20 Å². The first-order valence-electron chi connectivity index (χ1n) is 11.6. The monoisotopic (exact) mass is 424 g/mol. The summed E-state index contributed by atoms with van der Waals surface area (Å²) in [6, 6.07) is 28.8. The number of ether oxygens (including phenoxy) is 1. The van der Waals surface area contributed by atoms with Gasteiger partial charge in [-0.1, -0.05) is 86.6 Å². The minimum absolute atomic E-state index is 0.114. The van der Waals surface area contributed by atoms with Crippen molar-refractivity contribution >= 4 is 43.1 Å². The smallest absolute Gasteiger partial charge is 0.292 e. The van der Waals surface area contributed by atoms with Crippen molar-refractivity contribution in [3.8, 4) is 17.0 Å². The second-order valence-corrected chi connectivity index (χ2v) is 9.98. The van der Waals surface area contributed by atoms with Crippen LogP contribution in [0.2, 0.25) is 0 Å². The lowest BCUT2D eigenvalue weighted by Crippen LogP contribution is -2.42. The Morgan fingerprint density at radius 2 is 1.42 bits per heavy atom. The predicted molar refractivity (Wildman–Crippen MR) is 135 cm³/mol. The highest BCUT2D eigenvalue weighted by Crippen LogP contribution is 2.57. The second-order valence-electron chi connectivity index (χ2n) is 9.98. The molecule has 2 nitrogen and oxygen atoms in total. The van der Waals surface area contributed by atoms with Crippen molar-refractivity contribution in [3.05, 3.63) is 96.2 Å². The number of fused-ring (bicyclic) bond motifs is 8. The van der Waals surface area contributed by atoms with Gasteiger partial charge in [-0.3, -0.25) is 0 Å². The van der Waals surface area contributed by atoms with Crippen LogP contribution in [0.5, 0.6) is 5.75 Å². The van der Waals surface area contributed by atoms with E-state index < -0.39 is 0 Å². The van der Waals surface area contributed by atoms with Crippen molar-refractivity contribution in [2.45, 2.75) is 26.0 Å². The zero-order valence-electron chi connectivity index (χ0n) is 18.6. The number of nitrogens with zero attached hydrogens (tertiary/aromatic N) is 1. The Labute approximate surface area is 191 Å². The molecule has 0 spiro atoms. The standard InChI is InChI=1S/C31H22NO/c1-31(2)25-15-20-12-11-19-8-4-6-10-22(19)26(20)30-27(25)29-28(31)23-14-13-18-7-3-5-9-21(18)24(23)16-32(29)17-33-30/h3-16H,17H2,1-2H3/q+1. The number of hydrogen-bond acceptors (Lipinski definition) is 1. The molecule has 33 heavy (non-hydrogen) atoms. The van der Waals surface area contributed by atoms with Crippen molar-refractivity contribution in [3.63, 3.8) is 0 Å². The van der Waals surface area contributed by atoms with Gasteiger partial charge in [0.2, 0.25) is 5.69 Å². The van der Waals surface area contributed by atoms with Gasteiger partial charge < -0.3 is 4.74 Å². The summed E-state index contributed by atoms with van der Waals surface area (Å²) in [6.45, 7) is 5.28. The van der Waals surface area contributed by atoms with Gasteiger partial charge in [0.1, 0.15) is 5.75 Å². The quantitative estimate of drug-likeness (QED) is 0.185. The third-order valence-corrected chi connectivity index (χ3v) is 7.92. The van der Waals surface area contributed by atoms with E-state index in [1.54, 1.807) is 0 Å². The van der Waals surface area contributed by atoms with Gasteiger partial charge in [-0.2, -0.15) is 4.57 Å². The van der Waals surface area contributed by atoms with E-state index in [2.05, 4.69) is 103 Å². The van der Waals surface area contributed by atoms with Crippen LogP contribution in [0.15, 0.2) is 85.1 Å². The van der Waals surface area contributed by atoms with E-state index in [-0.39, 0.29) is 5.41 Å². The topological polar surface area (TPSA) is 13.1 Å². The summed E-state index contributed by atoms with van der Waals surface area (Å²) in [4.78, 5) is 0. The average molecular weight is 425 g/mol. The molecule has 0 unspecified atom stereocenters. The number of benzene rings is 5. The van der Waals surface area contributed by atoms with Crippen LogP contribution in [0.3, 0.4) is 0 Å². The van der Waals surface area contributed by atoms with Crippen LogP contribution in [0, 0.1) is 0 Å². The fraction of sp³-hybridized carbons (Fsp3) is 0.129. The van der Waals surface area contributed by atoms with Gasteiger partial charge in [-0.15, -0.1) is 0 Å². The molecule has 0 N–H and O–H groups in total. The van der Waals surface area contributed by atoms with Crippen molar-refractivity contribution in [1.29, 1.82) is 0 Å². The summed E-state index contributed by atoms with van der Waals surface area (Å²) in [5.74, 6) is 1.05. The van der Waals surface area contributed by atoms with Crippen LogP contribution in [0.4, 0.5) is 0 Å². The number of hydrogen-bond donors (Lipinski definition) is 0. The van der Waals surface area contributed by atoms with Gasteiger partial charge in [-0.05, 0) is 43.9 Å². The van der Waals surface area contributed by atoms with Crippen molar-refractivity contribution < 1.29 is 9.30 Å². The summed E-state index contributed by atoms with van der Waals surface area (Å²) >= 11 is 0. The maximum Gasteiger partial charge on any atom is 0.292 e. The normalized spacial score (nSPS) is 15.3. The van der Waals surface area contributed by atoms with Crippen molar-refractivity contribution in [2.75, 3.05) is 0 Å². The Morgan fingerprint density at radius 1 is 0.727 bits per heavy atom. The number of rotatable bonds is 0. The van der Waals surface area contributed by atoms with E-state index in [0.717, 1.165) is 5.75 Å². The maximum absolute atomic E-state index is 6.60. The first-order valence-corrected chi connectivity index (χ1v) is 11.6. The summed E-state index contributed by atoms with van der Waals surface area (Å²) < 4.78 is 8.94. The highest BCUT2D eigenvalue weighted by Gasteiger charge is 2.47. The molecule has 1 aliphatic carbocycles. The Bertz CT molecular complexity index is 1840. The van der Waals surface area contributed by atoms with E-state index >= 15 is 0 Å². The number of pyridine rings is 1. The fourth-order valence-electron chi connectivity index (χ4n) is 6.43. The Morgan fingerprint density at radius 3 is 2.27 bits per heavy atom. The molecule has 0 atom stereocenters. The molecule has 1 aromatic heterocycles. The molecule has 2 heteroatoms. The predicted octanol–water partition coefficient (Wildman–Crippen LogP) is 7.24. The Balaban J connectivity index is 1.59. The Hall–Kier alpha value is -3.91. The minimum Gasteiger partial charge on any atom is -0.434 e. The highest BCUT2D eigenvalue weighted by atomic mass is 16.5. The maximum atomic E-state index is 6.60. The van der Waals surface area contributed by atoms with Gasteiger partial charge in [-0.25, -0.2) is 0 Å². The third-order valence-electron chi connectivity index (χ3n) is 7.92. The zero-order chi connectivity index (χ0) is 21.9. The lowest BCUT2D eigenvalue weighted by Gasteiger charge is -2.22. The van der Waals surface area contributed by atoms with Crippen LogP contribution in [-0.2, 0) is 12.1 Å². The molecule has 8 rings (SSSR count). The van der Waals surface area contributed by atoms with E-state index in [4.69, 9.17) is 4.74 Å². The molecular weight excluding hydrogens is 402 g/mol. The molecule has 0 saturated heterocycles. The summed E-state index contributed by atoms with van der Waals surface area (Å²) in [5.41, 5.74) is 5.28. The molecule has 0 amide bonds. The minimum atomic E-state index is -0.114. The lowest BCUT2D eigenvalue weighted by atomic mass is 9.79. The third kappa shape index (κ3) is 2.03. The van der Waals surface area contributed by atoms with E-state index in [9.17, 15) is 0 Å². The van der Waals surface area contributed by atoms with E-state index in [1.807, 2.05) is 0 Å². The van der Waals surface area contributed by atoms with Crippen LogP contribution >= 0.6 is 0 Å². The van der Waals surface area contributed by atoms with Crippen molar-refractivity contribution in [1.82, 2.24) is 0 Å². The number of aromatic nitrogens is 1. The highest BCUT2D eigenvalue weighted by molar-refractivity contribution is 6.16.